The summed E-state index contributed by atoms with van der Waals surface area (Å²) in [5, 5.41) is 0. The van der Waals surface area contributed by atoms with E-state index in [1.807, 2.05) is 0 Å². The molecule has 1 unspecified atom stereocenters. The molecule has 1 rings (SSSR count). The van der Waals surface area contributed by atoms with Gasteiger partial charge in [-0.05, 0) is 13.0 Å². The highest BCUT2D eigenvalue weighted by Crippen LogP contribution is 2.16. The van der Waals surface area contributed by atoms with Gasteiger partial charge in [0, 0.05) is 18.0 Å². The van der Waals surface area contributed by atoms with Gasteiger partial charge in [-0.1, -0.05) is 0 Å². The number of aryl methyl sites for hydroxylation is 1. The first-order valence-corrected chi connectivity index (χ1v) is 3.61. The highest BCUT2D eigenvalue weighted by Gasteiger charge is 2.20. The Morgan fingerprint density at radius 2 is 2.08 bits per heavy atom. The maximum absolute atomic E-state index is 12.4. The summed E-state index contributed by atoms with van der Waals surface area (Å²) in [6.07, 6.45) is -4.35. The van der Waals surface area contributed by atoms with Crippen LogP contribution in [0.1, 0.15) is 5.69 Å². The average molecular weight is 191 g/mol. The third kappa shape index (κ3) is 2.93. The lowest BCUT2D eigenvalue weighted by Gasteiger charge is -2.09. The van der Waals surface area contributed by atoms with Gasteiger partial charge in [-0.2, -0.15) is 4.39 Å². The number of rotatable bonds is 3. The maximum atomic E-state index is 12.4. The van der Waals surface area contributed by atoms with Crippen molar-refractivity contribution < 1.29 is 17.9 Å². The molecule has 0 aliphatic rings. The Kier molecular flexibility index (Phi) is 3.11. The molecule has 0 amide bonds. The molecule has 1 aromatic rings. The van der Waals surface area contributed by atoms with Crippen molar-refractivity contribution in [3.8, 4) is 5.75 Å². The summed E-state index contributed by atoms with van der Waals surface area (Å²) in [4.78, 5) is 3.80. The van der Waals surface area contributed by atoms with Crippen LogP contribution < -0.4 is 4.74 Å². The summed E-state index contributed by atoms with van der Waals surface area (Å²) in [6, 6.07) is 2.71. The van der Waals surface area contributed by atoms with Crippen LogP contribution >= 0.6 is 0 Å². The summed E-state index contributed by atoms with van der Waals surface area (Å²) in [7, 11) is 0. The van der Waals surface area contributed by atoms with Crippen LogP contribution in [0, 0.1) is 6.92 Å². The minimum atomic E-state index is -3.13. The summed E-state index contributed by atoms with van der Waals surface area (Å²) >= 11 is 0. The standard InChI is InChI=1S/C8H8F3NO/c1-5-4-6(2-3-12-5)13-8(11)7(9)10/h2-4,7-8H,1H3. The molecule has 0 saturated carbocycles. The zero-order valence-corrected chi connectivity index (χ0v) is 6.88. The Bertz CT molecular complexity index is 280. The van der Waals surface area contributed by atoms with Crippen LogP contribution in [0.4, 0.5) is 13.2 Å². The number of aromatic nitrogens is 1. The lowest BCUT2D eigenvalue weighted by atomic mass is 10.3. The smallest absolute Gasteiger partial charge is 0.304 e. The molecule has 13 heavy (non-hydrogen) atoms. The summed E-state index contributed by atoms with van der Waals surface area (Å²) in [6.45, 7) is 1.66. The minimum Gasteiger partial charge on any atom is -0.454 e. The Morgan fingerprint density at radius 3 is 2.62 bits per heavy atom. The molecule has 0 aromatic carbocycles. The van der Waals surface area contributed by atoms with E-state index >= 15 is 0 Å². The van der Waals surface area contributed by atoms with E-state index in [9.17, 15) is 13.2 Å². The van der Waals surface area contributed by atoms with Gasteiger partial charge in [-0.3, -0.25) is 4.98 Å². The van der Waals surface area contributed by atoms with Gasteiger partial charge in [0.15, 0.2) is 0 Å². The largest absolute Gasteiger partial charge is 0.454 e. The maximum Gasteiger partial charge on any atom is 0.304 e. The number of hydrogen-bond acceptors (Lipinski definition) is 2. The zero-order chi connectivity index (χ0) is 9.84. The number of hydrogen-bond donors (Lipinski definition) is 0. The highest BCUT2D eigenvalue weighted by atomic mass is 19.3. The number of alkyl halides is 3. The third-order valence-electron chi connectivity index (χ3n) is 1.31. The Morgan fingerprint density at radius 1 is 1.38 bits per heavy atom. The first kappa shape index (κ1) is 9.83. The number of pyridine rings is 1. The molecule has 2 nitrogen and oxygen atoms in total. The van der Waals surface area contributed by atoms with Crippen LogP contribution in [0.5, 0.6) is 5.75 Å². The molecule has 0 fully saturated rings. The van der Waals surface area contributed by atoms with Crippen molar-refractivity contribution >= 4 is 0 Å². The predicted molar refractivity (Wildman–Crippen MR) is 40.5 cm³/mol. The molecule has 1 atom stereocenters. The van der Waals surface area contributed by atoms with Crippen LogP contribution in [-0.2, 0) is 0 Å². The summed E-state index contributed by atoms with van der Waals surface area (Å²) in [5.41, 5.74) is 0.582. The van der Waals surface area contributed by atoms with E-state index in [-0.39, 0.29) is 5.75 Å². The molecule has 0 saturated heterocycles. The van der Waals surface area contributed by atoms with Gasteiger partial charge in [0.25, 0.3) is 6.36 Å². The summed E-state index contributed by atoms with van der Waals surface area (Å²) < 4.78 is 40.0. The van der Waals surface area contributed by atoms with Crippen LogP contribution in [0.2, 0.25) is 0 Å². The molecule has 5 heteroatoms. The molecule has 0 spiro atoms. The van der Waals surface area contributed by atoms with Gasteiger partial charge < -0.3 is 4.74 Å². The van der Waals surface area contributed by atoms with E-state index in [0.29, 0.717) is 5.69 Å². The van der Waals surface area contributed by atoms with Crippen LogP contribution in [0.3, 0.4) is 0 Å². The monoisotopic (exact) mass is 191 g/mol. The fraction of sp³-hybridized carbons (Fsp3) is 0.375. The van der Waals surface area contributed by atoms with E-state index in [0.717, 1.165) is 0 Å². The topological polar surface area (TPSA) is 22.1 Å². The van der Waals surface area contributed by atoms with Crippen LogP contribution in [0.25, 0.3) is 0 Å². The molecular weight excluding hydrogens is 183 g/mol. The van der Waals surface area contributed by atoms with Crippen LogP contribution in [0.15, 0.2) is 18.3 Å². The molecule has 0 bridgehead atoms. The Labute approximate surface area is 73.4 Å². The minimum absolute atomic E-state index is 0.0558. The second kappa shape index (κ2) is 4.11. The van der Waals surface area contributed by atoms with E-state index in [2.05, 4.69) is 9.72 Å². The molecule has 1 heterocycles. The van der Waals surface area contributed by atoms with Crippen molar-refractivity contribution in [3.63, 3.8) is 0 Å². The Hall–Kier alpha value is -1.26. The quantitative estimate of drug-likeness (QED) is 0.731. The Balaban J connectivity index is 2.64. The predicted octanol–water partition coefficient (Wildman–Crippen LogP) is 2.33. The average Bonchev–Trinajstić information content (AvgIpc) is 2.04. The van der Waals surface area contributed by atoms with Gasteiger partial charge in [0.1, 0.15) is 5.75 Å². The van der Waals surface area contributed by atoms with Crippen molar-refractivity contribution in [2.45, 2.75) is 19.7 Å². The second-order valence-corrected chi connectivity index (χ2v) is 2.44. The van der Waals surface area contributed by atoms with Gasteiger partial charge >= 0.3 is 6.43 Å². The van der Waals surface area contributed by atoms with Gasteiger partial charge in [-0.25, -0.2) is 8.78 Å². The van der Waals surface area contributed by atoms with Crippen molar-refractivity contribution in [2.24, 2.45) is 0 Å². The molecule has 0 N–H and O–H groups in total. The van der Waals surface area contributed by atoms with E-state index in [1.54, 1.807) is 6.92 Å². The SMILES string of the molecule is Cc1cc(OC(F)C(F)F)ccn1. The van der Waals surface area contributed by atoms with Crippen molar-refractivity contribution in [1.29, 1.82) is 0 Å². The number of halogens is 3. The fourth-order valence-electron chi connectivity index (χ4n) is 0.774. The van der Waals surface area contributed by atoms with Gasteiger partial charge in [0.2, 0.25) is 0 Å². The normalized spacial score (nSPS) is 13.0. The van der Waals surface area contributed by atoms with Gasteiger partial charge in [-0.15, -0.1) is 0 Å². The van der Waals surface area contributed by atoms with Crippen molar-refractivity contribution in [1.82, 2.24) is 4.98 Å². The van der Waals surface area contributed by atoms with E-state index in [4.69, 9.17) is 0 Å². The van der Waals surface area contributed by atoms with Crippen molar-refractivity contribution in [3.05, 3.63) is 24.0 Å². The summed E-state index contributed by atoms with van der Waals surface area (Å²) in [5.74, 6) is 0.0558. The lowest BCUT2D eigenvalue weighted by molar-refractivity contribution is -0.0669. The highest BCUT2D eigenvalue weighted by molar-refractivity contribution is 5.21. The second-order valence-electron chi connectivity index (χ2n) is 2.44. The fourth-order valence-corrected chi connectivity index (χ4v) is 0.774. The zero-order valence-electron chi connectivity index (χ0n) is 6.88. The molecular formula is C8H8F3NO. The van der Waals surface area contributed by atoms with Gasteiger partial charge in [0.05, 0.1) is 0 Å². The third-order valence-corrected chi connectivity index (χ3v) is 1.31. The molecule has 0 aliphatic heterocycles. The first-order chi connectivity index (χ1) is 6.09. The van der Waals surface area contributed by atoms with Crippen molar-refractivity contribution in [2.75, 3.05) is 0 Å². The van der Waals surface area contributed by atoms with Crippen LogP contribution in [-0.4, -0.2) is 17.8 Å². The number of nitrogens with zero attached hydrogens (tertiary/aromatic N) is 1. The number of ether oxygens (including phenoxy) is 1. The molecule has 0 radical (unpaired) electrons. The first-order valence-electron chi connectivity index (χ1n) is 3.61. The van der Waals surface area contributed by atoms with E-state index < -0.39 is 12.8 Å². The van der Waals surface area contributed by atoms with E-state index in [1.165, 1.54) is 18.3 Å². The lowest BCUT2D eigenvalue weighted by Crippen LogP contribution is -2.19. The molecule has 72 valence electrons. The molecule has 1 aromatic heterocycles. The molecule has 0 aliphatic carbocycles.